The number of anilines is 2. The molecule has 3 aliphatic heterocycles. The van der Waals surface area contributed by atoms with E-state index in [0.717, 1.165) is 55.7 Å². The van der Waals surface area contributed by atoms with Crippen molar-refractivity contribution in [3.63, 3.8) is 0 Å². The number of likely N-dealkylation sites (tertiary alicyclic amines) is 1. The molecule has 0 spiro atoms. The quantitative estimate of drug-likeness (QED) is 0.140. The Balaban J connectivity index is 0.908. The molecule has 3 saturated heterocycles. The average molecular weight is 852 g/mol. The summed E-state index contributed by atoms with van der Waals surface area (Å²) in [4.78, 5) is 60.1. The zero-order valence-corrected chi connectivity index (χ0v) is 34.7. The molecule has 0 bridgehead atoms. The SMILES string of the molecule is CCC(c1cccc(-c2nc(-c3ccc(C4CCN(C(=O)C5CCN(c6ccc(C7CCC(=O)NC7=O)cn6)CC5)CC4)cc3)sc2-c2ccnc(N)n2)c1F)S(N)(=O)=O. The highest BCUT2D eigenvalue weighted by molar-refractivity contribution is 7.89. The van der Waals surface area contributed by atoms with E-state index in [1.54, 1.807) is 31.3 Å². The van der Waals surface area contributed by atoms with Gasteiger partial charge in [-0.05, 0) is 73.8 Å². The van der Waals surface area contributed by atoms with Crippen molar-refractivity contribution in [3.8, 4) is 32.4 Å². The van der Waals surface area contributed by atoms with Crippen LogP contribution in [0.2, 0.25) is 0 Å². The van der Waals surface area contributed by atoms with Crippen molar-refractivity contribution >= 4 is 50.8 Å². The number of amides is 3. The molecule has 2 unspecified atom stereocenters. The van der Waals surface area contributed by atoms with Crippen LogP contribution >= 0.6 is 11.3 Å². The highest BCUT2D eigenvalue weighted by Crippen LogP contribution is 2.43. The van der Waals surface area contributed by atoms with Crippen LogP contribution in [0.5, 0.6) is 0 Å². The van der Waals surface area contributed by atoms with Gasteiger partial charge < -0.3 is 15.5 Å². The smallest absolute Gasteiger partial charge is 0.234 e. The number of nitrogen functional groups attached to an aromatic ring is 1. The van der Waals surface area contributed by atoms with Crippen LogP contribution in [0, 0.1) is 11.7 Å². The number of hydrogen-bond donors (Lipinski definition) is 3. The van der Waals surface area contributed by atoms with E-state index >= 15 is 4.39 Å². The van der Waals surface area contributed by atoms with Crippen LogP contribution in [0.3, 0.4) is 0 Å². The van der Waals surface area contributed by atoms with E-state index in [9.17, 15) is 22.8 Å². The fourth-order valence-corrected chi connectivity index (χ4v) is 10.7. The van der Waals surface area contributed by atoms with Gasteiger partial charge in [0, 0.05) is 67.6 Å². The second-order valence-electron chi connectivity index (χ2n) is 15.6. The van der Waals surface area contributed by atoms with Crippen LogP contribution in [-0.4, -0.2) is 77.2 Å². The molecule has 2 atom stereocenters. The third kappa shape index (κ3) is 8.51. The van der Waals surface area contributed by atoms with Gasteiger partial charge in [0.1, 0.15) is 21.9 Å². The first-order valence-electron chi connectivity index (χ1n) is 20.2. The molecule has 8 rings (SSSR count). The van der Waals surface area contributed by atoms with Gasteiger partial charge in [-0.2, -0.15) is 0 Å². The monoisotopic (exact) mass is 851 g/mol. The van der Waals surface area contributed by atoms with Gasteiger partial charge in [0.25, 0.3) is 0 Å². The first-order valence-corrected chi connectivity index (χ1v) is 22.6. The molecule has 312 valence electrons. The molecule has 17 heteroatoms. The van der Waals surface area contributed by atoms with Crippen LogP contribution in [0.25, 0.3) is 32.4 Å². The number of sulfonamides is 1. The molecule has 0 aliphatic carbocycles. The highest BCUT2D eigenvalue weighted by atomic mass is 32.2. The van der Waals surface area contributed by atoms with Crippen LogP contribution in [0.15, 0.2) is 73.1 Å². The lowest BCUT2D eigenvalue weighted by atomic mass is 9.87. The molecular weight excluding hydrogens is 806 g/mol. The minimum Gasteiger partial charge on any atom is -0.368 e. The van der Waals surface area contributed by atoms with Crippen LogP contribution in [0.1, 0.15) is 85.6 Å². The van der Waals surface area contributed by atoms with Gasteiger partial charge in [-0.3, -0.25) is 19.7 Å². The van der Waals surface area contributed by atoms with Gasteiger partial charge in [-0.15, -0.1) is 11.3 Å². The van der Waals surface area contributed by atoms with Crippen molar-refractivity contribution in [1.82, 2.24) is 30.2 Å². The molecule has 3 fully saturated rings. The number of benzene rings is 2. The first kappa shape index (κ1) is 41.1. The van der Waals surface area contributed by atoms with E-state index < -0.39 is 21.1 Å². The van der Waals surface area contributed by atoms with Crippen molar-refractivity contribution in [2.45, 2.75) is 69.0 Å². The number of nitrogens with one attached hydrogen (secondary N) is 1. The third-order valence-electron chi connectivity index (χ3n) is 11.9. The van der Waals surface area contributed by atoms with E-state index in [1.807, 2.05) is 29.2 Å². The number of hydrogen-bond acceptors (Lipinski definition) is 12. The maximum absolute atomic E-state index is 16.3. The average Bonchev–Trinajstić information content (AvgIpc) is 3.70. The number of thiazole rings is 1. The number of nitrogens with two attached hydrogens (primary N) is 2. The molecule has 3 aromatic heterocycles. The summed E-state index contributed by atoms with van der Waals surface area (Å²) in [5.41, 5.74) is 9.60. The Bertz CT molecular complexity index is 2520. The zero-order valence-electron chi connectivity index (χ0n) is 33.1. The summed E-state index contributed by atoms with van der Waals surface area (Å²) in [7, 11) is -4.07. The number of nitrogens with zero attached hydrogens (tertiary/aromatic N) is 6. The summed E-state index contributed by atoms with van der Waals surface area (Å²) in [5.74, 6) is -0.263. The predicted octanol–water partition coefficient (Wildman–Crippen LogP) is 5.93. The molecule has 0 radical (unpaired) electrons. The van der Waals surface area contributed by atoms with Gasteiger partial charge in [0.15, 0.2) is 0 Å². The summed E-state index contributed by atoms with van der Waals surface area (Å²) in [6.07, 6.45) is 7.34. The van der Waals surface area contributed by atoms with E-state index in [0.29, 0.717) is 47.2 Å². The number of piperidine rings is 3. The molecule has 5 aromatic rings. The number of halogens is 1. The number of primary sulfonamides is 1. The lowest BCUT2D eigenvalue weighted by Gasteiger charge is -2.37. The second-order valence-corrected chi connectivity index (χ2v) is 18.4. The zero-order chi connectivity index (χ0) is 42.1. The molecule has 3 aliphatic rings. The Hall–Kier alpha value is -5.65. The normalized spacial score (nSPS) is 18.7. The number of pyridine rings is 1. The topological polar surface area (TPSA) is 207 Å². The van der Waals surface area contributed by atoms with E-state index in [-0.39, 0.29) is 59.0 Å². The lowest BCUT2D eigenvalue weighted by molar-refractivity contribution is -0.137. The largest absolute Gasteiger partial charge is 0.368 e. The van der Waals surface area contributed by atoms with Gasteiger partial charge in [0.2, 0.25) is 33.7 Å². The predicted molar refractivity (Wildman–Crippen MR) is 227 cm³/mol. The standard InChI is InChI=1S/C43H46FN9O5S2/c1-2-34(60(46,57)58)31-4-3-5-32(37(31)44)38-39(33-14-19-47-43(45)49-33)59-41(51-38)27-8-6-25(7-9-27)26-15-22-53(23-16-26)42(56)28-17-20-52(21-18-28)35-12-10-29(24-48-35)30-11-13-36(54)50-40(30)55/h3-10,12,14,19,24,26,28,30,34H,2,11,13,15-18,20-23H2,1H3,(H2,45,47,49)(H2,46,57,58)(H,50,54,55). The van der Waals surface area contributed by atoms with Crippen molar-refractivity contribution in [2.75, 3.05) is 36.8 Å². The van der Waals surface area contributed by atoms with Crippen molar-refractivity contribution < 1.29 is 27.2 Å². The molecule has 6 heterocycles. The van der Waals surface area contributed by atoms with Crippen LogP contribution in [-0.2, 0) is 24.4 Å². The second kappa shape index (κ2) is 17.1. The van der Waals surface area contributed by atoms with Gasteiger partial charge in [-0.1, -0.05) is 49.4 Å². The molecule has 14 nitrogen and oxygen atoms in total. The summed E-state index contributed by atoms with van der Waals surface area (Å²) < 4.78 is 41.0. The van der Waals surface area contributed by atoms with E-state index in [4.69, 9.17) is 15.9 Å². The van der Waals surface area contributed by atoms with E-state index in [2.05, 4.69) is 37.3 Å². The Labute approximate surface area is 351 Å². The lowest BCUT2D eigenvalue weighted by Crippen LogP contribution is -2.45. The Morgan fingerprint density at radius 2 is 1.67 bits per heavy atom. The van der Waals surface area contributed by atoms with Gasteiger partial charge >= 0.3 is 0 Å². The minimum absolute atomic E-state index is 0.0204. The van der Waals surface area contributed by atoms with Crippen LogP contribution < -0.4 is 21.1 Å². The third-order valence-corrected chi connectivity index (χ3v) is 14.5. The number of carbonyl (C=O) groups excluding carboxylic acids is 3. The molecule has 5 N–H and O–H groups in total. The first-order chi connectivity index (χ1) is 28.9. The fraction of sp³-hybridized carbons (Fsp3) is 0.372. The van der Waals surface area contributed by atoms with Gasteiger partial charge in [-0.25, -0.2) is 37.9 Å². The van der Waals surface area contributed by atoms with Crippen molar-refractivity contribution in [2.24, 2.45) is 11.1 Å². The molecular formula is C43H46FN9O5S2. The summed E-state index contributed by atoms with van der Waals surface area (Å²) in [5, 5.41) is 7.30. The Morgan fingerprint density at radius 3 is 2.32 bits per heavy atom. The number of aromatic nitrogens is 4. The Morgan fingerprint density at radius 1 is 0.933 bits per heavy atom. The van der Waals surface area contributed by atoms with Crippen molar-refractivity contribution in [3.05, 3.63) is 95.6 Å². The highest BCUT2D eigenvalue weighted by Gasteiger charge is 2.33. The number of carbonyl (C=O) groups is 3. The summed E-state index contributed by atoms with van der Waals surface area (Å²) in [6, 6.07) is 18.3. The van der Waals surface area contributed by atoms with Gasteiger partial charge in [0.05, 0.1) is 22.2 Å². The summed E-state index contributed by atoms with van der Waals surface area (Å²) in [6.45, 7) is 4.46. The molecule has 0 saturated carbocycles. The van der Waals surface area contributed by atoms with E-state index in [1.165, 1.54) is 29.2 Å². The van der Waals surface area contributed by atoms with Crippen LogP contribution in [0.4, 0.5) is 16.2 Å². The molecule has 3 amide bonds. The molecule has 2 aromatic carbocycles. The Kier molecular flexibility index (Phi) is 11.7. The summed E-state index contributed by atoms with van der Waals surface area (Å²) >= 11 is 1.33. The minimum atomic E-state index is -4.07. The fourth-order valence-electron chi connectivity index (χ4n) is 8.66. The maximum atomic E-state index is 16.3. The van der Waals surface area contributed by atoms with Crippen molar-refractivity contribution in [1.29, 1.82) is 0 Å². The maximum Gasteiger partial charge on any atom is 0.234 e. The number of imide groups is 1. The molecule has 60 heavy (non-hydrogen) atoms. The number of rotatable bonds is 10.